The maximum Gasteiger partial charge on any atom is 0.310 e. The zero-order valence-corrected chi connectivity index (χ0v) is 22.7. The molecule has 1 N–H and O–H groups in total. The zero-order valence-electron chi connectivity index (χ0n) is 22.7. The van der Waals surface area contributed by atoms with E-state index in [-0.39, 0.29) is 36.2 Å². The summed E-state index contributed by atoms with van der Waals surface area (Å²) in [5.41, 5.74) is 3.55. The molecule has 1 atom stereocenters. The van der Waals surface area contributed by atoms with Gasteiger partial charge in [0.2, 0.25) is 0 Å². The van der Waals surface area contributed by atoms with E-state index in [1.54, 1.807) is 68.8 Å². The molecule has 1 aliphatic heterocycles. The van der Waals surface area contributed by atoms with Gasteiger partial charge in [-0.3, -0.25) is 24.3 Å². The third-order valence-electron chi connectivity index (χ3n) is 6.73. The van der Waals surface area contributed by atoms with E-state index in [1.807, 2.05) is 26.8 Å². The van der Waals surface area contributed by atoms with Crippen molar-refractivity contribution < 1.29 is 29.0 Å². The van der Waals surface area contributed by atoms with Gasteiger partial charge in [-0.05, 0) is 72.9 Å². The van der Waals surface area contributed by atoms with Gasteiger partial charge in [-0.2, -0.15) is 0 Å². The number of rotatable bonds is 8. The van der Waals surface area contributed by atoms with Crippen molar-refractivity contribution >= 4 is 29.1 Å². The number of aromatic nitrogens is 1. The quantitative estimate of drug-likeness (QED) is 0.184. The maximum atomic E-state index is 13.5. The van der Waals surface area contributed by atoms with Crippen LogP contribution in [0, 0.1) is 6.92 Å². The van der Waals surface area contributed by atoms with Gasteiger partial charge < -0.3 is 14.6 Å². The molecule has 2 heterocycles. The van der Waals surface area contributed by atoms with E-state index in [0.717, 1.165) is 5.56 Å². The second kappa shape index (κ2) is 11.5. The molecule has 0 radical (unpaired) electrons. The molecular weight excluding hydrogens is 496 g/mol. The van der Waals surface area contributed by atoms with E-state index in [2.05, 4.69) is 4.98 Å². The van der Waals surface area contributed by atoms with Crippen molar-refractivity contribution in [1.82, 2.24) is 4.98 Å². The van der Waals surface area contributed by atoms with Crippen molar-refractivity contribution in [2.45, 2.75) is 46.1 Å². The van der Waals surface area contributed by atoms with Crippen LogP contribution in [0.3, 0.4) is 0 Å². The molecule has 1 unspecified atom stereocenters. The van der Waals surface area contributed by atoms with E-state index < -0.39 is 17.7 Å². The average Bonchev–Trinajstić information content (AvgIpc) is 3.19. The molecule has 2 aromatic carbocycles. The van der Waals surface area contributed by atoms with Crippen molar-refractivity contribution in [3.05, 3.63) is 94.3 Å². The van der Waals surface area contributed by atoms with Crippen LogP contribution in [-0.4, -0.2) is 41.5 Å². The monoisotopic (exact) mass is 528 g/mol. The lowest BCUT2D eigenvalue weighted by Crippen LogP contribution is -2.29. The number of aryl methyl sites for hydroxylation is 1. The smallest absolute Gasteiger partial charge is 0.310 e. The fourth-order valence-electron chi connectivity index (χ4n) is 4.80. The normalized spacial score (nSPS) is 16.6. The van der Waals surface area contributed by atoms with Gasteiger partial charge in [0.25, 0.3) is 11.7 Å². The number of Topliss-reactive ketones (excluding diaryl/α,β-unsaturated/α-hetero) is 1. The van der Waals surface area contributed by atoms with Crippen molar-refractivity contribution in [1.29, 1.82) is 0 Å². The first kappa shape index (κ1) is 27.6. The van der Waals surface area contributed by atoms with E-state index >= 15 is 0 Å². The number of carbonyl (C=O) groups is 3. The minimum absolute atomic E-state index is 0.0442. The van der Waals surface area contributed by atoms with Crippen LogP contribution in [0.1, 0.15) is 60.7 Å². The van der Waals surface area contributed by atoms with Crippen molar-refractivity contribution in [2.24, 2.45) is 0 Å². The van der Waals surface area contributed by atoms with Gasteiger partial charge in [0.15, 0.2) is 0 Å². The molecule has 8 nitrogen and oxygen atoms in total. The Bertz CT molecular complexity index is 1430. The zero-order chi connectivity index (χ0) is 28.3. The number of ether oxygens (including phenoxy) is 2. The fourth-order valence-corrected chi connectivity index (χ4v) is 4.80. The van der Waals surface area contributed by atoms with Crippen LogP contribution in [0.2, 0.25) is 0 Å². The number of hydrogen-bond acceptors (Lipinski definition) is 7. The van der Waals surface area contributed by atoms with Gasteiger partial charge in [-0.1, -0.05) is 32.0 Å². The van der Waals surface area contributed by atoms with Gasteiger partial charge in [0, 0.05) is 17.4 Å². The van der Waals surface area contributed by atoms with E-state index in [0.29, 0.717) is 33.8 Å². The first-order chi connectivity index (χ1) is 18.7. The summed E-state index contributed by atoms with van der Waals surface area (Å²) in [5.74, 6) is -1.43. The number of pyridine rings is 1. The molecule has 1 aromatic heterocycles. The van der Waals surface area contributed by atoms with E-state index in [4.69, 9.17) is 9.47 Å². The van der Waals surface area contributed by atoms with Crippen molar-refractivity contribution in [3.63, 3.8) is 0 Å². The molecule has 0 aliphatic carbocycles. The summed E-state index contributed by atoms with van der Waals surface area (Å²) in [5, 5.41) is 11.6. The summed E-state index contributed by atoms with van der Waals surface area (Å²) in [6.07, 6.45) is 1.67. The van der Waals surface area contributed by atoms with E-state index in [9.17, 15) is 19.5 Å². The average molecular weight is 529 g/mol. The van der Waals surface area contributed by atoms with Gasteiger partial charge in [-0.25, -0.2) is 0 Å². The molecule has 202 valence electrons. The van der Waals surface area contributed by atoms with Crippen LogP contribution in [-0.2, 0) is 25.5 Å². The summed E-state index contributed by atoms with van der Waals surface area (Å²) < 4.78 is 10.5. The van der Waals surface area contributed by atoms with Crippen LogP contribution < -0.4 is 9.64 Å². The Balaban J connectivity index is 1.85. The first-order valence-electron chi connectivity index (χ1n) is 12.8. The largest absolute Gasteiger partial charge is 0.507 e. The van der Waals surface area contributed by atoms with Crippen LogP contribution in [0.15, 0.2) is 66.4 Å². The molecule has 1 fully saturated rings. The lowest BCUT2D eigenvalue weighted by Gasteiger charge is -2.25. The van der Waals surface area contributed by atoms with Crippen molar-refractivity contribution in [2.75, 3.05) is 18.6 Å². The topological polar surface area (TPSA) is 106 Å². The number of nitrogens with zero attached hydrogens (tertiary/aromatic N) is 2. The highest BCUT2D eigenvalue weighted by Crippen LogP contribution is 2.43. The van der Waals surface area contributed by atoms with Crippen LogP contribution in [0.5, 0.6) is 5.75 Å². The minimum atomic E-state index is -0.953. The minimum Gasteiger partial charge on any atom is -0.507 e. The molecule has 1 aliphatic rings. The first-order valence-corrected chi connectivity index (χ1v) is 12.8. The number of ketones is 1. The standard InChI is InChI=1S/C31H32N2O6/c1-6-39-26(34)16-20-10-12-21(13-11-20)33-28(24-9-7-8-14-32-24)27(30(36)31(33)37)29(35)23-17-22(18(2)3)25(38-5)15-19(23)4/h7-15,17-18,28,35H,6,16H2,1-5H3/b29-27+. The third-order valence-corrected chi connectivity index (χ3v) is 6.73. The van der Waals surface area contributed by atoms with Gasteiger partial charge in [0.05, 0.1) is 31.4 Å². The predicted molar refractivity (Wildman–Crippen MR) is 148 cm³/mol. The number of aliphatic hydroxyl groups is 1. The Labute approximate surface area is 227 Å². The molecule has 4 rings (SSSR count). The summed E-state index contributed by atoms with van der Waals surface area (Å²) in [4.78, 5) is 44.6. The fraction of sp³-hybridized carbons (Fsp3) is 0.290. The number of carbonyl (C=O) groups excluding carboxylic acids is 3. The number of hydrogen-bond donors (Lipinski definition) is 1. The van der Waals surface area contributed by atoms with Crippen LogP contribution in [0.4, 0.5) is 5.69 Å². The summed E-state index contributed by atoms with van der Waals surface area (Å²) >= 11 is 0. The molecule has 8 heteroatoms. The number of anilines is 1. The van der Waals surface area contributed by atoms with Crippen LogP contribution >= 0.6 is 0 Å². The Hall–Kier alpha value is -4.46. The Morgan fingerprint density at radius 1 is 1.10 bits per heavy atom. The van der Waals surface area contributed by atoms with Crippen molar-refractivity contribution in [3.8, 4) is 5.75 Å². The SMILES string of the molecule is CCOC(=O)Cc1ccc(N2C(=O)C(=O)/C(=C(/O)c3cc(C(C)C)c(OC)cc3C)C2c2ccccn2)cc1. The Kier molecular flexibility index (Phi) is 8.14. The second-order valence-electron chi connectivity index (χ2n) is 9.64. The summed E-state index contributed by atoms with van der Waals surface area (Å²) in [6, 6.07) is 14.7. The lowest BCUT2D eigenvalue weighted by molar-refractivity contribution is -0.142. The molecular formula is C31H32N2O6. The Morgan fingerprint density at radius 3 is 2.41 bits per heavy atom. The maximum absolute atomic E-state index is 13.5. The highest BCUT2D eigenvalue weighted by Gasteiger charge is 2.47. The second-order valence-corrected chi connectivity index (χ2v) is 9.64. The Morgan fingerprint density at radius 2 is 1.82 bits per heavy atom. The predicted octanol–water partition coefficient (Wildman–Crippen LogP) is 5.25. The molecule has 3 aromatic rings. The van der Waals surface area contributed by atoms with Gasteiger partial charge in [0.1, 0.15) is 17.6 Å². The molecule has 0 bridgehead atoms. The number of aliphatic hydroxyl groups excluding tert-OH is 1. The molecule has 39 heavy (non-hydrogen) atoms. The molecule has 0 saturated carbocycles. The van der Waals surface area contributed by atoms with Gasteiger partial charge in [-0.15, -0.1) is 0 Å². The number of methoxy groups -OCH3 is 1. The number of benzene rings is 2. The highest BCUT2D eigenvalue weighted by atomic mass is 16.5. The third kappa shape index (κ3) is 5.41. The van der Waals surface area contributed by atoms with Crippen LogP contribution in [0.25, 0.3) is 5.76 Å². The number of amides is 1. The molecule has 0 spiro atoms. The summed E-state index contributed by atoms with van der Waals surface area (Å²) in [7, 11) is 1.59. The highest BCUT2D eigenvalue weighted by molar-refractivity contribution is 6.51. The summed E-state index contributed by atoms with van der Waals surface area (Å²) in [6.45, 7) is 7.87. The molecule has 1 saturated heterocycles. The lowest BCUT2D eigenvalue weighted by atomic mass is 9.92. The molecule has 1 amide bonds. The van der Waals surface area contributed by atoms with Gasteiger partial charge >= 0.3 is 5.97 Å². The van der Waals surface area contributed by atoms with E-state index in [1.165, 1.54) is 4.90 Å². The number of esters is 1.